The van der Waals surface area contributed by atoms with Crippen LogP contribution in [0.25, 0.3) is 0 Å². The normalized spacial score (nSPS) is 35.5. The topological polar surface area (TPSA) is 47.6 Å². The predicted octanol–water partition coefficient (Wildman–Crippen LogP) is 4.54. The van der Waals surface area contributed by atoms with Crippen LogP contribution in [0.1, 0.15) is 60.8 Å². The Hall–Kier alpha value is -1.03. The molecular formula is C20H35NO3. The van der Waals surface area contributed by atoms with Crippen LogP contribution in [0.4, 0.5) is 4.79 Å². The molecule has 2 bridgehead atoms. The number of amides is 1. The van der Waals surface area contributed by atoms with Crippen molar-refractivity contribution in [2.24, 2.45) is 23.2 Å². The highest BCUT2D eigenvalue weighted by molar-refractivity contribution is 5.67. The lowest BCUT2D eigenvalue weighted by molar-refractivity contribution is -0.165. The van der Waals surface area contributed by atoms with Crippen molar-refractivity contribution in [2.75, 3.05) is 13.2 Å². The second-order valence-corrected chi connectivity index (χ2v) is 8.11. The van der Waals surface area contributed by atoms with E-state index in [4.69, 9.17) is 9.47 Å². The molecule has 0 aromatic carbocycles. The van der Waals surface area contributed by atoms with E-state index in [-0.39, 0.29) is 17.6 Å². The van der Waals surface area contributed by atoms with Crippen LogP contribution in [0.15, 0.2) is 11.6 Å². The van der Waals surface area contributed by atoms with E-state index in [0.29, 0.717) is 37.1 Å². The van der Waals surface area contributed by atoms with Gasteiger partial charge in [-0.05, 0) is 39.0 Å². The number of fused-ring (bicyclic) bond motifs is 2. The molecule has 24 heavy (non-hydrogen) atoms. The smallest absolute Gasteiger partial charge is 0.407 e. The molecule has 1 N–H and O–H groups in total. The zero-order valence-corrected chi connectivity index (χ0v) is 16.2. The van der Waals surface area contributed by atoms with Gasteiger partial charge in [0.05, 0.1) is 12.7 Å². The summed E-state index contributed by atoms with van der Waals surface area (Å²) in [4.78, 5) is 11.9. The lowest BCUT2D eigenvalue weighted by Gasteiger charge is -2.55. The van der Waals surface area contributed by atoms with E-state index in [1.165, 1.54) is 18.4 Å². The molecule has 0 aromatic heterocycles. The molecule has 0 saturated carbocycles. The quantitative estimate of drug-likeness (QED) is 0.724. The molecule has 5 atom stereocenters. The molecule has 1 heterocycles. The fourth-order valence-corrected chi connectivity index (χ4v) is 4.53. The van der Waals surface area contributed by atoms with E-state index in [1.807, 2.05) is 13.8 Å². The number of unbranched alkanes of at least 4 members (excludes halogenated alkanes) is 1. The van der Waals surface area contributed by atoms with Crippen LogP contribution >= 0.6 is 0 Å². The van der Waals surface area contributed by atoms with Crippen molar-refractivity contribution in [2.45, 2.75) is 73.0 Å². The number of ether oxygens (including phenoxy) is 2. The van der Waals surface area contributed by atoms with Crippen LogP contribution in [0.5, 0.6) is 0 Å². The van der Waals surface area contributed by atoms with Crippen LogP contribution in [0, 0.1) is 23.2 Å². The van der Waals surface area contributed by atoms with Crippen LogP contribution in [0.3, 0.4) is 0 Å². The largest absolute Gasteiger partial charge is 0.449 e. The monoisotopic (exact) mass is 337 g/mol. The van der Waals surface area contributed by atoms with E-state index < -0.39 is 0 Å². The predicted molar refractivity (Wildman–Crippen MR) is 96.9 cm³/mol. The number of hydrogen-bond acceptors (Lipinski definition) is 3. The summed E-state index contributed by atoms with van der Waals surface area (Å²) < 4.78 is 11.9. The highest BCUT2D eigenvalue weighted by atomic mass is 16.6. The third-order valence-electron chi connectivity index (χ3n) is 6.08. The Morgan fingerprint density at radius 3 is 2.79 bits per heavy atom. The van der Waals surface area contributed by atoms with Crippen LogP contribution < -0.4 is 5.32 Å². The van der Waals surface area contributed by atoms with Crippen molar-refractivity contribution in [3.8, 4) is 0 Å². The average Bonchev–Trinajstić information content (AvgIpc) is 2.49. The number of allylic oxidation sites excluding steroid dienone is 1. The Labute approximate surface area is 147 Å². The molecule has 0 aromatic rings. The van der Waals surface area contributed by atoms with Crippen molar-refractivity contribution in [3.05, 3.63) is 11.6 Å². The minimum Gasteiger partial charge on any atom is -0.449 e. The molecule has 4 heteroatoms. The highest BCUT2D eigenvalue weighted by Crippen LogP contribution is 2.53. The Morgan fingerprint density at radius 2 is 2.17 bits per heavy atom. The molecular weight excluding hydrogens is 302 g/mol. The molecule has 4 nitrogen and oxygen atoms in total. The van der Waals surface area contributed by atoms with E-state index in [1.54, 1.807) is 0 Å². The van der Waals surface area contributed by atoms with Gasteiger partial charge in [-0.1, -0.05) is 45.3 Å². The molecule has 0 radical (unpaired) electrons. The van der Waals surface area contributed by atoms with Crippen molar-refractivity contribution in [1.29, 1.82) is 0 Å². The number of carbonyl (C=O) groups is 1. The molecule has 2 rings (SSSR count). The summed E-state index contributed by atoms with van der Waals surface area (Å²) >= 11 is 0. The van der Waals surface area contributed by atoms with Gasteiger partial charge in [-0.25, -0.2) is 4.79 Å². The van der Waals surface area contributed by atoms with Gasteiger partial charge in [0.15, 0.2) is 0 Å². The third-order valence-corrected chi connectivity index (χ3v) is 6.08. The van der Waals surface area contributed by atoms with E-state index in [2.05, 4.69) is 39.1 Å². The Kier molecular flexibility index (Phi) is 6.35. The van der Waals surface area contributed by atoms with Crippen molar-refractivity contribution in [1.82, 2.24) is 5.32 Å². The maximum atomic E-state index is 11.9. The highest BCUT2D eigenvalue weighted by Gasteiger charge is 2.53. The molecule has 0 spiro atoms. The maximum Gasteiger partial charge on any atom is 0.407 e. The van der Waals surface area contributed by atoms with Gasteiger partial charge >= 0.3 is 6.09 Å². The fraction of sp³-hybridized carbons (Fsp3) is 0.850. The second-order valence-electron chi connectivity index (χ2n) is 8.11. The SMILES string of the molecule is CCCCC1OC[C@@]2(COC(=O)NC(C)C)C(C)C=C(C)C1[C@@H]2C. The molecule has 1 amide bonds. The van der Waals surface area contributed by atoms with Crippen LogP contribution in [0.2, 0.25) is 0 Å². The zero-order valence-electron chi connectivity index (χ0n) is 16.2. The van der Waals surface area contributed by atoms with Crippen LogP contribution in [-0.2, 0) is 9.47 Å². The second kappa shape index (κ2) is 7.90. The van der Waals surface area contributed by atoms with Gasteiger partial charge in [-0.15, -0.1) is 0 Å². The maximum absolute atomic E-state index is 11.9. The lowest BCUT2D eigenvalue weighted by atomic mass is 9.56. The van der Waals surface area contributed by atoms with Crippen molar-refractivity contribution >= 4 is 6.09 Å². The molecule has 3 unspecified atom stereocenters. The van der Waals surface area contributed by atoms with Gasteiger partial charge in [0.1, 0.15) is 6.61 Å². The summed E-state index contributed by atoms with van der Waals surface area (Å²) in [5.41, 5.74) is 1.33. The van der Waals surface area contributed by atoms with Gasteiger partial charge in [-0.2, -0.15) is 0 Å². The minimum absolute atomic E-state index is 0.0899. The summed E-state index contributed by atoms with van der Waals surface area (Å²) in [5, 5.41) is 2.81. The molecule has 1 saturated heterocycles. The van der Waals surface area contributed by atoms with Crippen LogP contribution in [-0.4, -0.2) is 31.5 Å². The van der Waals surface area contributed by atoms with E-state index in [9.17, 15) is 4.79 Å². The number of hydrogen-bond donors (Lipinski definition) is 1. The van der Waals surface area contributed by atoms with Gasteiger partial charge in [-0.3, -0.25) is 0 Å². The first-order valence-electron chi connectivity index (χ1n) is 9.55. The number of carbonyl (C=O) groups excluding carboxylic acids is 1. The summed E-state index contributed by atoms with van der Waals surface area (Å²) in [6.45, 7) is 14.0. The standard InChI is InChI=1S/C20H35NO3/c1-7-8-9-17-18-14(4)10-15(5)20(11-23-17,16(18)6)12-24-19(22)21-13(2)3/h10,13,15-18H,7-9,11-12H2,1-6H3,(H,21,22)/t15?,16-,17?,18?,20+/m0/s1. The first kappa shape index (κ1) is 19.3. The first-order valence-corrected chi connectivity index (χ1v) is 9.55. The molecule has 1 aliphatic heterocycles. The number of rotatable bonds is 6. The van der Waals surface area contributed by atoms with Crippen molar-refractivity contribution in [3.63, 3.8) is 0 Å². The van der Waals surface area contributed by atoms with Gasteiger partial charge in [0, 0.05) is 17.4 Å². The van der Waals surface area contributed by atoms with Gasteiger partial charge in [0.25, 0.3) is 0 Å². The summed E-state index contributed by atoms with van der Waals surface area (Å²) in [6.07, 6.45) is 5.89. The number of alkyl carbamates (subject to hydrolysis) is 1. The Balaban J connectivity index is 2.13. The van der Waals surface area contributed by atoms with E-state index in [0.717, 1.165) is 6.42 Å². The third kappa shape index (κ3) is 3.79. The van der Waals surface area contributed by atoms with Gasteiger partial charge in [0.2, 0.25) is 0 Å². The first-order chi connectivity index (χ1) is 11.3. The van der Waals surface area contributed by atoms with Crippen molar-refractivity contribution < 1.29 is 14.3 Å². The Bertz CT molecular complexity index is 474. The summed E-state index contributed by atoms with van der Waals surface area (Å²) in [6, 6.07) is 0.0899. The Morgan fingerprint density at radius 1 is 1.46 bits per heavy atom. The molecule has 2 aliphatic rings. The van der Waals surface area contributed by atoms with Gasteiger partial charge < -0.3 is 14.8 Å². The molecule has 1 fully saturated rings. The zero-order chi connectivity index (χ0) is 17.9. The molecule has 138 valence electrons. The fourth-order valence-electron chi connectivity index (χ4n) is 4.53. The number of nitrogens with one attached hydrogen (secondary N) is 1. The average molecular weight is 338 g/mol. The van der Waals surface area contributed by atoms with E-state index >= 15 is 0 Å². The summed E-state index contributed by atoms with van der Waals surface area (Å²) in [5.74, 6) is 1.25. The summed E-state index contributed by atoms with van der Waals surface area (Å²) in [7, 11) is 0. The lowest BCUT2D eigenvalue weighted by Crippen LogP contribution is -2.57. The minimum atomic E-state index is -0.324. The molecule has 1 aliphatic carbocycles.